The van der Waals surface area contributed by atoms with E-state index in [2.05, 4.69) is 17.2 Å². The van der Waals surface area contributed by atoms with Gasteiger partial charge in [0.15, 0.2) is 0 Å². The molecule has 0 fully saturated rings. The van der Waals surface area contributed by atoms with Crippen LogP contribution in [0.2, 0.25) is 0 Å². The van der Waals surface area contributed by atoms with Crippen molar-refractivity contribution in [2.24, 2.45) is 5.41 Å². The Kier molecular flexibility index (Phi) is 6.61. The average Bonchev–Trinajstić information content (AvgIpc) is 2.87. The van der Waals surface area contributed by atoms with E-state index in [9.17, 15) is 9.90 Å². The minimum Gasteiger partial charge on any atom is -0.444 e. The van der Waals surface area contributed by atoms with Crippen LogP contribution in [0, 0.1) is 5.41 Å². The van der Waals surface area contributed by atoms with E-state index in [-0.39, 0.29) is 12.0 Å². The smallest absolute Gasteiger partial charge is 0.407 e. The summed E-state index contributed by atoms with van der Waals surface area (Å²) in [6.45, 7) is 7.94. The van der Waals surface area contributed by atoms with Gasteiger partial charge in [-0.1, -0.05) is 13.3 Å². The number of nitrogens with zero attached hydrogens (tertiary/aromatic N) is 1. The molecule has 0 aliphatic carbocycles. The molecule has 0 aliphatic rings. The first-order valence-electron chi connectivity index (χ1n) is 7.26. The van der Waals surface area contributed by atoms with Gasteiger partial charge in [0.1, 0.15) is 5.60 Å². The van der Waals surface area contributed by atoms with Gasteiger partial charge < -0.3 is 15.2 Å². The lowest BCUT2D eigenvalue weighted by atomic mass is 9.81. The van der Waals surface area contributed by atoms with Crippen LogP contribution in [0.5, 0.6) is 0 Å². The van der Waals surface area contributed by atoms with E-state index in [1.165, 1.54) is 0 Å². The minimum atomic E-state index is -0.522. The molecule has 2 N–H and O–H groups in total. The van der Waals surface area contributed by atoms with E-state index < -0.39 is 11.7 Å². The summed E-state index contributed by atoms with van der Waals surface area (Å²) in [6.07, 6.45) is 3.72. The van der Waals surface area contributed by atoms with Crippen molar-refractivity contribution in [2.75, 3.05) is 13.2 Å². The molecular formula is C15H26N2O3S. The van der Waals surface area contributed by atoms with Crippen LogP contribution in [-0.2, 0) is 11.2 Å². The second-order valence-electron chi connectivity index (χ2n) is 6.37. The van der Waals surface area contributed by atoms with Crippen molar-refractivity contribution in [1.29, 1.82) is 0 Å². The molecule has 120 valence electrons. The van der Waals surface area contributed by atoms with Crippen LogP contribution < -0.4 is 5.32 Å². The van der Waals surface area contributed by atoms with Gasteiger partial charge in [-0.25, -0.2) is 9.78 Å². The summed E-state index contributed by atoms with van der Waals surface area (Å²) >= 11 is 1.57. The number of amides is 1. The van der Waals surface area contributed by atoms with Gasteiger partial charge in [-0.15, -0.1) is 11.3 Å². The predicted octanol–water partition coefficient (Wildman–Crippen LogP) is 2.99. The van der Waals surface area contributed by atoms with Crippen molar-refractivity contribution in [3.63, 3.8) is 0 Å². The van der Waals surface area contributed by atoms with E-state index in [4.69, 9.17) is 4.74 Å². The fourth-order valence-corrected chi connectivity index (χ4v) is 2.99. The highest BCUT2D eigenvalue weighted by Gasteiger charge is 2.31. The molecule has 1 unspecified atom stereocenters. The summed E-state index contributed by atoms with van der Waals surface area (Å²) in [6, 6.07) is 0. The molecule has 0 radical (unpaired) electrons. The Morgan fingerprint density at radius 2 is 2.19 bits per heavy atom. The highest BCUT2D eigenvalue weighted by Crippen LogP contribution is 2.28. The molecule has 0 saturated carbocycles. The average molecular weight is 314 g/mol. The molecule has 0 spiro atoms. The number of hydrogen-bond acceptors (Lipinski definition) is 5. The third-order valence-corrected chi connectivity index (χ3v) is 3.91. The van der Waals surface area contributed by atoms with Crippen LogP contribution in [0.1, 0.15) is 45.5 Å². The fraction of sp³-hybridized carbons (Fsp3) is 0.733. The Labute approximate surface area is 130 Å². The van der Waals surface area contributed by atoms with Gasteiger partial charge in [0.25, 0.3) is 0 Å². The van der Waals surface area contributed by atoms with Gasteiger partial charge >= 0.3 is 6.09 Å². The number of ether oxygens (including phenoxy) is 1. The fourth-order valence-electron chi connectivity index (χ4n) is 2.20. The number of aliphatic hydroxyl groups is 1. The largest absolute Gasteiger partial charge is 0.444 e. The number of carbonyl (C=O) groups excluding carboxylic acids is 1. The highest BCUT2D eigenvalue weighted by molar-refractivity contribution is 7.09. The first-order valence-corrected chi connectivity index (χ1v) is 8.14. The van der Waals surface area contributed by atoms with Crippen LogP contribution in [0.4, 0.5) is 4.79 Å². The van der Waals surface area contributed by atoms with Gasteiger partial charge in [-0.2, -0.15) is 0 Å². The number of thiazole rings is 1. The number of hydrogen-bond donors (Lipinski definition) is 2. The second-order valence-corrected chi connectivity index (χ2v) is 7.35. The Balaban J connectivity index is 2.67. The molecule has 0 bridgehead atoms. The number of aliphatic hydroxyl groups excluding tert-OH is 1. The van der Waals surface area contributed by atoms with Crippen molar-refractivity contribution in [3.8, 4) is 0 Å². The zero-order chi connectivity index (χ0) is 15.9. The van der Waals surface area contributed by atoms with Crippen molar-refractivity contribution in [3.05, 3.63) is 16.6 Å². The molecule has 5 nitrogen and oxygen atoms in total. The number of rotatable bonds is 7. The standard InChI is InChI=1S/C15H26N2O3S/c1-5-6-15(11-18,9-12-16-7-8-21-12)10-17-13(19)20-14(2,3)4/h7-8,18H,5-6,9-11H2,1-4H3,(H,17,19). The van der Waals surface area contributed by atoms with E-state index in [0.29, 0.717) is 13.0 Å². The Morgan fingerprint density at radius 3 is 2.67 bits per heavy atom. The topological polar surface area (TPSA) is 71.5 Å². The SMILES string of the molecule is CCCC(CO)(CNC(=O)OC(C)(C)C)Cc1nccs1. The van der Waals surface area contributed by atoms with Crippen molar-refractivity contribution in [2.45, 2.75) is 52.6 Å². The molecule has 1 aromatic rings. The van der Waals surface area contributed by atoms with Crippen LogP contribution in [0.3, 0.4) is 0 Å². The summed E-state index contributed by atoms with van der Waals surface area (Å²) < 4.78 is 5.25. The first-order chi connectivity index (χ1) is 9.80. The quantitative estimate of drug-likeness (QED) is 0.811. The van der Waals surface area contributed by atoms with E-state index in [0.717, 1.165) is 17.8 Å². The van der Waals surface area contributed by atoms with Crippen molar-refractivity contribution in [1.82, 2.24) is 10.3 Å². The van der Waals surface area contributed by atoms with Crippen LogP contribution in [0.25, 0.3) is 0 Å². The molecule has 1 atom stereocenters. The number of nitrogens with one attached hydrogen (secondary N) is 1. The molecule has 0 aliphatic heterocycles. The Hall–Kier alpha value is -1.14. The summed E-state index contributed by atoms with van der Waals surface area (Å²) in [4.78, 5) is 16.1. The molecule has 6 heteroatoms. The van der Waals surface area contributed by atoms with Crippen LogP contribution in [0.15, 0.2) is 11.6 Å². The highest BCUT2D eigenvalue weighted by atomic mass is 32.1. The molecule has 1 rings (SSSR count). The van der Waals surface area contributed by atoms with Crippen molar-refractivity contribution >= 4 is 17.4 Å². The number of alkyl carbamates (subject to hydrolysis) is 1. The van der Waals surface area contributed by atoms with Gasteiger partial charge in [-0.05, 0) is 27.2 Å². The lowest BCUT2D eigenvalue weighted by Gasteiger charge is -2.31. The summed E-state index contributed by atoms with van der Waals surface area (Å²) in [7, 11) is 0. The molecule has 1 amide bonds. The van der Waals surface area contributed by atoms with Gasteiger partial charge in [-0.3, -0.25) is 0 Å². The summed E-state index contributed by atoms with van der Waals surface area (Å²) in [5.74, 6) is 0. The van der Waals surface area contributed by atoms with Gasteiger partial charge in [0.05, 0.1) is 11.6 Å². The molecule has 1 aromatic heterocycles. The van der Waals surface area contributed by atoms with Crippen molar-refractivity contribution < 1.29 is 14.6 Å². The summed E-state index contributed by atoms with van der Waals surface area (Å²) in [5.41, 5.74) is -0.907. The normalized spacial score (nSPS) is 14.5. The third-order valence-electron chi connectivity index (χ3n) is 3.13. The predicted molar refractivity (Wildman–Crippen MR) is 84.5 cm³/mol. The van der Waals surface area contributed by atoms with Gasteiger partial charge in [0.2, 0.25) is 0 Å². The van der Waals surface area contributed by atoms with E-state index in [1.54, 1.807) is 17.5 Å². The maximum absolute atomic E-state index is 11.8. The lowest BCUT2D eigenvalue weighted by Crippen LogP contribution is -2.43. The van der Waals surface area contributed by atoms with Crippen LogP contribution >= 0.6 is 11.3 Å². The molecule has 21 heavy (non-hydrogen) atoms. The van der Waals surface area contributed by atoms with E-state index in [1.807, 2.05) is 26.2 Å². The lowest BCUT2D eigenvalue weighted by molar-refractivity contribution is 0.0455. The maximum atomic E-state index is 11.8. The number of aromatic nitrogens is 1. The summed E-state index contributed by atoms with van der Waals surface area (Å²) in [5, 5.41) is 15.5. The first kappa shape index (κ1) is 17.9. The molecule has 0 saturated heterocycles. The molecular weight excluding hydrogens is 288 g/mol. The molecule has 1 heterocycles. The van der Waals surface area contributed by atoms with Gasteiger partial charge in [0, 0.05) is 30.0 Å². The zero-order valence-electron chi connectivity index (χ0n) is 13.3. The number of carbonyl (C=O) groups is 1. The Morgan fingerprint density at radius 1 is 1.48 bits per heavy atom. The van der Waals surface area contributed by atoms with Crippen LogP contribution in [-0.4, -0.2) is 34.9 Å². The molecule has 0 aromatic carbocycles. The van der Waals surface area contributed by atoms with E-state index >= 15 is 0 Å². The maximum Gasteiger partial charge on any atom is 0.407 e. The second kappa shape index (κ2) is 7.75. The zero-order valence-corrected chi connectivity index (χ0v) is 14.1. The Bertz CT molecular complexity index is 429. The minimum absolute atomic E-state index is 0.0101. The third kappa shape index (κ3) is 6.44. The monoisotopic (exact) mass is 314 g/mol.